The number of nitrogens with two attached hydrogens (primary N) is 1. The van der Waals surface area contributed by atoms with Gasteiger partial charge in [-0.25, -0.2) is 13.9 Å². The maximum atomic E-state index is 14.1. The standard InChI is InChI=1S/C19H19FN6O2S/c1-2-22-18(28)23-17(27)15(12-8-4-3-5-9-12)29-19-25-24-16(26(19)21)13-10-6-7-11-14(13)20/h3-11,15H,2,21H2,1H3,(H2,22,23,27,28)/t15-/m1/s1. The number of nitrogens with zero attached hydrogens (tertiary/aromatic N) is 3. The minimum absolute atomic E-state index is 0.126. The topological polar surface area (TPSA) is 115 Å². The Balaban J connectivity index is 1.90. The van der Waals surface area contributed by atoms with Gasteiger partial charge in [-0.1, -0.05) is 54.2 Å². The van der Waals surface area contributed by atoms with Crippen LogP contribution >= 0.6 is 11.8 Å². The number of amides is 3. The van der Waals surface area contributed by atoms with Gasteiger partial charge in [0.1, 0.15) is 11.1 Å². The lowest BCUT2D eigenvalue weighted by molar-refractivity contribution is -0.119. The lowest BCUT2D eigenvalue weighted by atomic mass is 10.1. The van der Waals surface area contributed by atoms with E-state index in [2.05, 4.69) is 20.8 Å². The second-order valence-corrected chi connectivity index (χ2v) is 6.99. The third-order valence-electron chi connectivity index (χ3n) is 3.92. The highest BCUT2D eigenvalue weighted by Gasteiger charge is 2.27. The van der Waals surface area contributed by atoms with Crippen molar-refractivity contribution in [1.29, 1.82) is 0 Å². The number of halogens is 1. The first-order valence-corrected chi connectivity index (χ1v) is 9.65. The van der Waals surface area contributed by atoms with Crippen LogP contribution in [0.5, 0.6) is 0 Å². The highest BCUT2D eigenvalue weighted by Crippen LogP contribution is 2.35. The van der Waals surface area contributed by atoms with Crippen molar-refractivity contribution in [2.24, 2.45) is 0 Å². The second-order valence-electron chi connectivity index (χ2n) is 5.91. The normalized spacial score (nSPS) is 11.7. The Bertz CT molecular complexity index is 1010. The van der Waals surface area contributed by atoms with Gasteiger partial charge in [-0.15, -0.1) is 10.2 Å². The summed E-state index contributed by atoms with van der Waals surface area (Å²) in [6.07, 6.45) is 0. The van der Waals surface area contributed by atoms with E-state index < -0.39 is 23.0 Å². The molecule has 3 aromatic rings. The number of carbonyl (C=O) groups excluding carboxylic acids is 2. The van der Waals surface area contributed by atoms with Gasteiger partial charge in [0.2, 0.25) is 11.1 Å². The van der Waals surface area contributed by atoms with E-state index in [1.165, 1.54) is 12.1 Å². The Morgan fingerprint density at radius 3 is 2.52 bits per heavy atom. The molecule has 0 fully saturated rings. The first-order chi connectivity index (χ1) is 14.0. The highest BCUT2D eigenvalue weighted by atomic mass is 32.2. The molecule has 3 rings (SSSR count). The molecule has 1 heterocycles. The number of aromatic nitrogens is 3. The molecule has 0 radical (unpaired) electrons. The second kappa shape index (κ2) is 9.20. The van der Waals surface area contributed by atoms with Gasteiger partial charge in [0.05, 0.1) is 5.56 Å². The molecule has 150 valence electrons. The number of imide groups is 1. The van der Waals surface area contributed by atoms with Gasteiger partial charge in [0.15, 0.2) is 5.82 Å². The fourth-order valence-electron chi connectivity index (χ4n) is 2.57. The smallest absolute Gasteiger partial charge is 0.321 e. The largest absolute Gasteiger partial charge is 0.338 e. The highest BCUT2D eigenvalue weighted by molar-refractivity contribution is 8.00. The number of benzene rings is 2. The van der Waals surface area contributed by atoms with Crippen molar-refractivity contribution < 1.29 is 14.0 Å². The molecule has 1 aromatic heterocycles. The number of nitrogen functional groups attached to an aromatic ring is 1. The molecule has 0 aliphatic heterocycles. The third-order valence-corrected chi connectivity index (χ3v) is 5.13. The number of carbonyl (C=O) groups is 2. The van der Waals surface area contributed by atoms with E-state index in [-0.39, 0.29) is 16.5 Å². The Morgan fingerprint density at radius 1 is 1.14 bits per heavy atom. The van der Waals surface area contributed by atoms with Gasteiger partial charge in [0.25, 0.3) is 0 Å². The van der Waals surface area contributed by atoms with Crippen LogP contribution in [0.2, 0.25) is 0 Å². The molecule has 8 nitrogen and oxygen atoms in total. The van der Waals surface area contributed by atoms with Gasteiger partial charge in [-0.05, 0) is 24.6 Å². The SMILES string of the molecule is CCNC(=O)NC(=O)[C@H](Sc1nnc(-c2ccccc2F)n1N)c1ccccc1. The molecule has 0 aliphatic rings. The van der Waals surface area contributed by atoms with Gasteiger partial charge in [0, 0.05) is 6.54 Å². The van der Waals surface area contributed by atoms with Crippen molar-refractivity contribution in [1.82, 2.24) is 25.5 Å². The average molecular weight is 414 g/mol. The lowest BCUT2D eigenvalue weighted by Crippen LogP contribution is -2.41. The zero-order chi connectivity index (χ0) is 20.8. The summed E-state index contributed by atoms with van der Waals surface area (Å²) in [5, 5.41) is 12.1. The molecule has 4 N–H and O–H groups in total. The number of hydrogen-bond acceptors (Lipinski definition) is 6. The summed E-state index contributed by atoms with van der Waals surface area (Å²) in [5.74, 6) is 5.17. The van der Waals surface area contributed by atoms with E-state index in [1.54, 1.807) is 43.3 Å². The van der Waals surface area contributed by atoms with Crippen molar-refractivity contribution in [2.45, 2.75) is 17.3 Å². The van der Waals surface area contributed by atoms with Crippen LogP contribution in [0.15, 0.2) is 59.8 Å². The van der Waals surface area contributed by atoms with Crippen molar-refractivity contribution in [3.05, 3.63) is 66.0 Å². The van der Waals surface area contributed by atoms with Crippen molar-refractivity contribution in [2.75, 3.05) is 12.4 Å². The number of thioether (sulfide) groups is 1. The molecular formula is C19H19FN6O2S. The zero-order valence-electron chi connectivity index (χ0n) is 15.5. The molecule has 29 heavy (non-hydrogen) atoms. The average Bonchev–Trinajstić information content (AvgIpc) is 3.07. The summed E-state index contributed by atoms with van der Waals surface area (Å²) in [6, 6.07) is 14.3. The molecule has 0 spiro atoms. The summed E-state index contributed by atoms with van der Waals surface area (Å²) < 4.78 is 15.2. The van der Waals surface area contributed by atoms with E-state index in [0.29, 0.717) is 12.1 Å². The number of hydrogen-bond donors (Lipinski definition) is 3. The predicted octanol–water partition coefficient (Wildman–Crippen LogP) is 2.48. The first-order valence-electron chi connectivity index (χ1n) is 8.77. The van der Waals surface area contributed by atoms with Crippen molar-refractivity contribution in [3.63, 3.8) is 0 Å². The summed E-state index contributed by atoms with van der Waals surface area (Å²) in [6.45, 7) is 2.13. The van der Waals surface area contributed by atoms with Crippen LogP contribution in [0.25, 0.3) is 11.4 Å². The minimum atomic E-state index is -0.821. The fraction of sp³-hybridized carbons (Fsp3) is 0.158. The summed E-state index contributed by atoms with van der Waals surface area (Å²) in [7, 11) is 0. The minimum Gasteiger partial charge on any atom is -0.338 e. The van der Waals surface area contributed by atoms with Crippen LogP contribution in [-0.2, 0) is 4.79 Å². The number of nitrogens with one attached hydrogen (secondary N) is 2. The number of rotatable bonds is 6. The van der Waals surface area contributed by atoms with E-state index in [0.717, 1.165) is 16.4 Å². The summed E-state index contributed by atoms with van der Waals surface area (Å²) >= 11 is 1.01. The fourth-order valence-corrected chi connectivity index (χ4v) is 3.53. The van der Waals surface area contributed by atoms with Gasteiger partial charge in [-0.2, -0.15) is 0 Å². The zero-order valence-corrected chi connectivity index (χ0v) is 16.3. The van der Waals surface area contributed by atoms with Crippen LogP contribution in [0.3, 0.4) is 0 Å². The van der Waals surface area contributed by atoms with Crippen LogP contribution < -0.4 is 16.5 Å². The molecule has 0 bridgehead atoms. The quantitative estimate of drug-likeness (QED) is 0.422. The van der Waals surface area contributed by atoms with E-state index in [9.17, 15) is 14.0 Å². The molecular weight excluding hydrogens is 395 g/mol. The molecule has 2 aromatic carbocycles. The Labute approximate surface area is 170 Å². The van der Waals surface area contributed by atoms with Gasteiger partial charge < -0.3 is 11.2 Å². The monoisotopic (exact) mass is 414 g/mol. The molecule has 10 heteroatoms. The van der Waals surface area contributed by atoms with Crippen LogP contribution in [0, 0.1) is 5.82 Å². The van der Waals surface area contributed by atoms with E-state index in [4.69, 9.17) is 5.84 Å². The van der Waals surface area contributed by atoms with E-state index >= 15 is 0 Å². The van der Waals surface area contributed by atoms with Crippen LogP contribution in [0.1, 0.15) is 17.7 Å². The molecule has 0 aliphatic carbocycles. The van der Waals surface area contributed by atoms with E-state index in [1.807, 2.05) is 6.07 Å². The Hall–Kier alpha value is -3.40. The van der Waals surface area contributed by atoms with Crippen LogP contribution in [0.4, 0.5) is 9.18 Å². The molecule has 0 saturated heterocycles. The van der Waals surface area contributed by atoms with Crippen LogP contribution in [-0.4, -0.2) is 33.4 Å². The maximum Gasteiger partial charge on any atom is 0.321 e. The Kier molecular flexibility index (Phi) is 6.45. The lowest BCUT2D eigenvalue weighted by Gasteiger charge is -2.16. The van der Waals surface area contributed by atoms with Crippen molar-refractivity contribution in [3.8, 4) is 11.4 Å². The maximum absolute atomic E-state index is 14.1. The first kappa shape index (κ1) is 20.3. The molecule has 0 unspecified atom stereocenters. The van der Waals surface area contributed by atoms with Crippen molar-refractivity contribution >= 4 is 23.7 Å². The Morgan fingerprint density at radius 2 is 1.83 bits per heavy atom. The summed E-state index contributed by atoms with van der Waals surface area (Å²) in [5.41, 5.74) is 0.840. The van der Waals surface area contributed by atoms with Gasteiger partial charge in [-0.3, -0.25) is 10.1 Å². The van der Waals surface area contributed by atoms with Gasteiger partial charge >= 0.3 is 6.03 Å². The third kappa shape index (κ3) is 4.72. The molecule has 3 amide bonds. The number of urea groups is 1. The predicted molar refractivity (Wildman–Crippen MR) is 108 cm³/mol. The summed E-state index contributed by atoms with van der Waals surface area (Å²) in [4.78, 5) is 24.5. The molecule has 1 atom stereocenters. The molecule has 0 saturated carbocycles.